The van der Waals surface area contributed by atoms with Crippen molar-refractivity contribution in [2.24, 2.45) is 0 Å². The first-order chi connectivity index (χ1) is 9.76. The van der Waals surface area contributed by atoms with Gasteiger partial charge in [0.25, 0.3) is 0 Å². The molecule has 1 aromatic heterocycles. The zero-order valence-corrected chi connectivity index (χ0v) is 13.3. The van der Waals surface area contributed by atoms with Crippen molar-refractivity contribution in [2.75, 3.05) is 12.8 Å². The standard InChI is InChI=1S/C14H19ClN4S/c1-3-8-19-13(9-17-18-19)12(16-2)10-20-14-7-5-4-6-11(14)15/h4-7,9,12,16H,3,8,10H2,1-2H3. The molecule has 1 N–H and O–H groups in total. The van der Waals surface area contributed by atoms with E-state index in [1.165, 1.54) is 0 Å². The molecule has 1 atom stereocenters. The third kappa shape index (κ3) is 3.75. The second kappa shape index (κ2) is 7.67. The summed E-state index contributed by atoms with van der Waals surface area (Å²) in [7, 11) is 1.96. The number of aryl methyl sites for hydroxylation is 1. The molecule has 108 valence electrons. The molecule has 6 heteroatoms. The lowest BCUT2D eigenvalue weighted by Crippen LogP contribution is -2.22. The molecule has 0 spiro atoms. The van der Waals surface area contributed by atoms with Gasteiger partial charge >= 0.3 is 0 Å². The molecule has 0 radical (unpaired) electrons. The molecule has 4 nitrogen and oxygen atoms in total. The largest absolute Gasteiger partial charge is 0.311 e. The van der Waals surface area contributed by atoms with Crippen molar-refractivity contribution in [1.29, 1.82) is 0 Å². The van der Waals surface area contributed by atoms with E-state index in [1.54, 1.807) is 11.8 Å². The fourth-order valence-corrected chi connectivity index (χ4v) is 3.34. The van der Waals surface area contributed by atoms with Crippen molar-refractivity contribution in [2.45, 2.75) is 30.8 Å². The summed E-state index contributed by atoms with van der Waals surface area (Å²) in [4.78, 5) is 1.10. The molecule has 0 amide bonds. The second-order valence-corrected chi connectivity index (χ2v) is 5.93. The summed E-state index contributed by atoms with van der Waals surface area (Å²) in [5, 5.41) is 12.3. The van der Waals surface area contributed by atoms with Crippen molar-refractivity contribution in [3.05, 3.63) is 41.2 Å². The summed E-state index contributed by atoms with van der Waals surface area (Å²) < 4.78 is 1.97. The Morgan fingerprint density at radius 1 is 1.40 bits per heavy atom. The van der Waals surface area contributed by atoms with Gasteiger partial charge in [0.2, 0.25) is 0 Å². The van der Waals surface area contributed by atoms with E-state index in [9.17, 15) is 0 Å². The molecule has 0 saturated heterocycles. The molecule has 0 aliphatic heterocycles. The lowest BCUT2D eigenvalue weighted by molar-refractivity contribution is 0.514. The van der Waals surface area contributed by atoms with Gasteiger partial charge in [0.05, 0.1) is 23.0 Å². The van der Waals surface area contributed by atoms with Crippen LogP contribution in [0.1, 0.15) is 25.1 Å². The van der Waals surface area contributed by atoms with Gasteiger partial charge in [-0.3, -0.25) is 0 Å². The quantitative estimate of drug-likeness (QED) is 0.796. The van der Waals surface area contributed by atoms with Crippen LogP contribution in [0.5, 0.6) is 0 Å². The summed E-state index contributed by atoms with van der Waals surface area (Å²) in [6.45, 7) is 3.03. The minimum absolute atomic E-state index is 0.206. The van der Waals surface area contributed by atoms with Crippen LogP contribution in [0.4, 0.5) is 0 Å². The lowest BCUT2D eigenvalue weighted by Gasteiger charge is -2.17. The zero-order valence-electron chi connectivity index (χ0n) is 11.7. The van der Waals surface area contributed by atoms with Crippen LogP contribution in [0.3, 0.4) is 0 Å². The van der Waals surface area contributed by atoms with Gasteiger partial charge in [-0.15, -0.1) is 16.9 Å². The number of hydrogen-bond acceptors (Lipinski definition) is 4. The number of nitrogens with zero attached hydrogens (tertiary/aromatic N) is 3. The Labute approximate surface area is 128 Å². The normalized spacial score (nSPS) is 12.6. The van der Waals surface area contributed by atoms with E-state index in [0.717, 1.165) is 34.3 Å². The summed E-state index contributed by atoms with van der Waals surface area (Å²) >= 11 is 7.93. The fourth-order valence-electron chi connectivity index (χ4n) is 1.97. The summed E-state index contributed by atoms with van der Waals surface area (Å²) in [5.41, 5.74) is 1.12. The Morgan fingerprint density at radius 2 is 2.20 bits per heavy atom. The average molecular weight is 311 g/mol. The Hall–Kier alpha value is -1.04. The predicted octanol–water partition coefficient (Wildman–Crippen LogP) is 3.39. The van der Waals surface area contributed by atoms with Crippen molar-refractivity contribution >= 4 is 23.4 Å². The van der Waals surface area contributed by atoms with E-state index in [4.69, 9.17) is 11.6 Å². The van der Waals surface area contributed by atoms with Gasteiger partial charge in [-0.05, 0) is 25.6 Å². The minimum atomic E-state index is 0.206. The van der Waals surface area contributed by atoms with Crippen LogP contribution >= 0.6 is 23.4 Å². The van der Waals surface area contributed by atoms with Crippen molar-refractivity contribution < 1.29 is 0 Å². The smallest absolute Gasteiger partial charge is 0.0765 e. The van der Waals surface area contributed by atoms with Gasteiger partial charge in [0.15, 0.2) is 0 Å². The van der Waals surface area contributed by atoms with E-state index in [1.807, 2.05) is 42.2 Å². The Bertz CT molecular complexity index is 543. The minimum Gasteiger partial charge on any atom is -0.311 e. The maximum absolute atomic E-state index is 6.19. The fraction of sp³-hybridized carbons (Fsp3) is 0.429. The molecular weight excluding hydrogens is 292 g/mol. The topological polar surface area (TPSA) is 42.7 Å². The molecule has 0 aliphatic carbocycles. The number of rotatable bonds is 7. The van der Waals surface area contributed by atoms with E-state index in [2.05, 4.69) is 22.6 Å². The van der Waals surface area contributed by atoms with Gasteiger partial charge in [-0.25, -0.2) is 4.68 Å². The molecule has 2 rings (SSSR count). The van der Waals surface area contributed by atoms with Crippen LogP contribution in [-0.2, 0) is 6.54 Å². The number of nitrogens with one attached hydrogen (secondary N) is 1. The monoisotopic (exact) mass is 310 g/mol. The molecule has 0 bridgehead atoms. The van der Waals surface area contributed by atoms with E-state index < -0.39 is 0 Å². The SMILES string of the molecule is CCCn1nncc1C(CSc1ccccc1Cl)NC. The van der Waals surface area contributed by atoms with Crippen molar-refractivity contribution in [1.82, 2.24) is 20.3 Å². The second-order valence-electron chi connectivity index (χ2n) is 4.46. The summed E-state index contributed by atoms with van der Waals surface area (Å²) in [6, 6.07) is 8.12. The van der Waals surface area contributed by atoms with Crippen LogP contribution in [0.15, 0.2) is 35.4 Å². The average Bonchev–Trinajstić information content (AvgIpc) is 2.90. The Kier molecular flexibility index (Phi) is 5.88. The van der Waals surface area contributed by atoms with Crippen LogP contribution in [0.2, 0.25) is 5.02 Å². The Morgan fingerprint density at radius 3 is 2.90 bits per heavy atom. The first kappa shape index (κ1) is 15.4. The molecule has 1 unspecified atom stereocenters. The maximum atomic E-state index is 6.19. The van der Waals surface area contributed by atoms with E-state index in [0.29, 0.717) is 0 Å². The Balaban J connectivity index is 2.06. The van der Waals surface area contributed by atoms with Crippen LogP contribution in [-0.4, -0.2) is 27.8 Å². The highest BCUT2D eigenvalue weighted by Gasteiger charge is 2.16. The van der Waals surface area contributed by atoms with E-state index >= 15 is 0 Å². The third-order valence-electron chi connectivity index (χ3n) is 3.03. The molecular formula is C14H19ClN4S. The van der Waals surface area contributed by atoms with Gasteiger partial charge < -0.3 is 5.32 Å². The first-order valence-electron chi connectivity index (χ1n) is 6.69. The predicted molar refractivity (Wildman–Crippen MR) is 84.3 cm³/mol. The molecule has 1 heterocycles. The molecule has 0 aliphatic rings. The highest BCUT2D eigenvalue weighted by Crippen LogP contribution is 2.29. The highest BCUT2D eigenvalue weighted by atomic mass is 35.5. The molecule has 0 saturated carbocycles. The molecule has 20 heavy (non-hydrogen) atoms. The summed E-state index contributed by atoms with van der Waals surface area (Å²) in [6.07, 6.45) is 2.88. The number of thioether (sulfide) groups is 1. The van der Waals surface area contributed by atoms with Crippen LogP contribution < -0.4 is 5.32 Å². The van der Waals surface area contributed by atoms with Crippen molar-refractivity contribution in [3.8, 4) is 0 Å². The molecule has 0 fully saturated rings. The third-order valence-corrected chi connectivity index (χ3v) is 4.64. The number of halogens is 1. The molecule has 1 aromatic carbocycles. The van der Waals surface area contributed by atoms with Crippen LogP contribution in [0, 0.1) is 0 Å². The number of hydrogen-bond donors (Lipinski definition) is 1. The van der Waals surface area contributed by atoms with E-state index in [-0.39, 0.29) is 6.04 Å². The van der Waals surface area contributed by atoms with Crippen molar-refractivity contribution in [3.63, 3.8) is 0 Å². The highest BCUT2D eigenvalue weighted by molar-refractivity contribution is 7.99. The van der Waals surface area contributed by atoms with Gasteiger partial charge in [-0.2, -0.15) is 0 Å². The number of benzene rings is 1. The maximum Gasteiger partial charge on any atom is 0.0765 e. The van der Waals surface area contributed by atoms with Gasteiger partial charge in [0.1, 0.15) is 0 Å². The van der Waals surface area contributed by atoms with Gasteiger partial charge in [0, 0.05) is 17.2 Å². The summed E-state index contributed by atoms with van der Waals surface area (Å²) in [5.74, 6) is 0.886. The number of aromatic nitrogens is 3. The lowest BCUT2D eigenvalue weighted by atomic mass is 10.2. The van der Waals surface area contributed by atoms with Crippen LogP contribution in [0.25, 0.3) is 0 Å². The molecule has 2 aromatic rings. The first-order valence-corrected chi connectivity index (χ1v) is 8.05. The van der Waals surface area contributed by atoms with Gasteiger partial charge in [-0.1, -0.05) is 35.9 Å². The zero-order chi connectivity index (χ0) is 14.4.